The van der Waals surface area contributed by atoms with Gasteiger partial charge in [0, 0.05) is 11.5 Å². The van der Waals surface area contributed by atoms with Crippen molar-refractivity contribution in [1.29, 1.82) is 5.26 Å². The second-order valence-corrected chi connectivity index (χ2v) is 6.87. The highest BCUT2D eigenvalue weighted by Gasteiger charge is 2.25. The summed E-state index contributed by atoms with van der Waals surface area (Å²) >= 11 is 3.23. The summed E-state index contributed by atoms with van der Waals surface area (Å²) in [5.74, 6) is -0.0851. The van der Waals surface area contributed by atoms with Gasteiger partial charge in [0.1, 0.15) is 6.07 Å². The molecule has 0 spiro atoms. The van der Waals surface area contributed by atoms with Gasteiger partial charge in [-0.15, -0.1) is 0 Å². The van der Waals surface area contributed by atoms with Crippen molar-refractivity contribution >= 4 is 37.5 Å². The maximum Gasteiger partial charge on any atom is 0.267 e. The van der Waals surface area contributed by atoms with Gasteiger partial charge in [-0.3, -0.25) is 9.40 Å². The summed E-state index contributed by atoms with van der Waals surface area (Å²) in [7, 11) is -2.32. The molecule has 2 aromatic rings. The summed E-state index contributed by atoms with van der Waals surface area (Å²) in [4.78, 5) is -0.0863. The maximum absolute atomic E-state index is 12.4. The maximum atomic E-state index is 12.4. The van der Waals surface area contributed by atoms with E-state index in [1.807, 2.05) is 6.07 Å². The Kier molecular flexibility index (Phi) is 3.93. The molecule has 0 bridgehead atoms. The average Bonchev–Trinajstić information content (AvgIpc) is 2.65. The topological polar surface area (TPSA) is 114 Å². The summed E-state index contributed by atoms with van der Waals surface area (Å²) in [6, 6.07) is 6.60. The van der Waals surface area contributed by atoms with Gasteiger partial charge in [-0.05, 0) is 25.1 Å². The minimum absolute atomic E-state index is 0.0851. The van der Waals surface area contributed by atoms with Crippen molar-refractivity contribution < 1.29 is 8.42 Å². The quantitative estimate of drug-likeness (QED) is 0.854. The minimum Gasteiger partial charge on any atom is -0.381 e. The fourth-order valence-electron chi connectivity index (χ4n) is 1.84. The summed E-state index contributed by atoms with van der Waals surface area (Å²) in [6.45, 7) is 1.60. The van der Waals surface area contributed by atoms with Crippen LogP contribution in [0.2, 0.25) is 0 Å². The van der Waals surface area contributed by atoms with Gasteiger partial charge in [-0.25, -0.2) is 8.42 Å². The number of rotatable bonds is 3. The standard InChI is InChI=1S/C12H12BrN5O2S/c1-7-11(12(15)16-18(7)2)21(19,20)17-10-4-3-9(13)5-8(10)6-14/h3-5,17H,1-2H3,(H2,15,16). The molecule has 21 heavy (non-hydrogen) atoms. The third-order valence-corrected chi connectivity index (χ3v) is 4.94. The highest BCUT2D eigenvalue weighted by Crippen LogP contribution is 2.27. The van der Waals surface area contributed by atoms with Gasteiger partial charge in [-0.2, -0.15) is 10.4 Å². The molecule has 2 rings (SSSR count). The van der Waals surface area contributed by atoms with Crippen LogP contribution in [0.4, 0.5) is 11.5 Å². The van der Waals surface area contributed by atoms with Crippen LogP contribution in [0.25, 0.3) is 0 Å². The lowest BCUT2D eigenvalue weighted by molar-refractivity contribution is 0.600. The molecule has 0 aliphatic heterocycles. The molecule has 0 aliphatic carbocycles. The molecule has 7 nitrogen and oxygen atoms in total. The van der Waals surface area contributed by atoms with E-state index in [1.165, 1.54) is 16.8 Å². The largest absolute Gasteiger partial charge is 0.381 e. The molecule has 0 aliphatic rings. The number of hydrogen-bond acceptors (Lipinski definition) is 5. The fourth-order valence-corrected chi connectivity index (χ4v) is 3.61. The Morgan fingerprint density at radius 1 is 1.48 bits per heavy atom. The van der Waals surface area contributed by atoms with Gasteiger partial charge in [0.15, 0.2) is 10.7 Å². The lowest BCUT2D eigenvalue weighted by atomic mass is 10.2. The zero-order valence-electron chi connectivity index (χ0n) is 11.3. The molecule has 0 fully saturated rings. The number of nitrogen functional groups attached to an aromatic ring is 1. The number of aromatic nitrogens is 2. The highest BCUT2D eigenvalue weighted by molar-refractivity contribution is 9.10. The lowest BCUT2D eigenvalue weighted by Crippen LogP contribution is -2.16. The SMILES string of the molecule is Cc1c(S(=O)(=O)Nc2ccc(Br)cc2C#N)c(N)nn1C. The van der Waals surface area contributed by atoms with Crippen molar-refractivity contribution in [3.63, 3.8) is 0 Å². The van der Waals surface area contributed by atoms with Crippen LogP contribution in [0.5, 0.6) is 0 Å². The number of nitrogens with two attached hydrogens (primary N) is 1. The number of sulfonamides is 1. The van der Waals surface area contributed by atoms with E-state index in [-0.39, 0.29) is 22.0 Å². The molecule has 0 atom stereocenters. The molecule has 0 amide bonds. The van der Waals surface area contributed by atoms with Gasteiger partial charge in [0.05, 0.1) is 16.9 Å². The highest BCUT2D eigenvalue weighted by atomic mass is 79.9. The van der Waals surface area contributed by atoms with Gasteiger partial charge < -0.3 is 5.73 Å². The van der Waals surface area contributed by atoms with Crippen LogP contribution in [0.1, 0.15) is 11.3 Å². The van der Waals surface area contributed by atoms with Gasteiger partial charge >= 0.3 is 0 Å². The van der Waals surface area contributed by atoms with E-state index in [0.29, 0.717) is 10.2 Å². The Hall–Kier alpha value is -2.05. The Bertz CT molecular complexity index is 851. The molecule has 3 N–H and O–H groups in total. The number of nitriles is 1. The molecule has 0 saturated carbocycles. The molecule has 0 saturated heterocycles. The van der Waals surface area contributed by atoms with E-state index < -0.39 is 10.0 Å². The molecule has 9 heteroatoms. The first-order valence-corrected chi connectivity index (χ1v) is 8.05. The fraction of sp³-hybridized carbons (Fsp3) is 0.167. The first kappa shape index (κ1) is 15.3. The molecule has 1 heterocycles. The average molecular weight is 370 g/mol. The Morgan fingerprint density at radius 2 is 2.14 bits per heavy atom. The lowest BCUT2D eigenvalue weighted by Gasteiger charge is -2.10. The molecule has 0 unspecified atom stereocenters. The predicted molar refractivity (Wildman–Crippen MR) is 82.0 cm³/mol. The van der Waals surface area contributed by atoms with Crippen LogP contribution in [0.15, 0.2) is 27.6 Å². The van der Waals surface area contributed by atoms with Crippen molar-refractivity contribution in [1.82, 2.24) is 9.78 Å². The van der Waals surface area contributed by atoms with Crippen LogP contribution in [0, 0.1) is 18.3 Å². The van der Waals surface area contributed by atoms with Crippen molar-refractivity contribution in [3.05, 3.63) is 33.9 Å². The van der Waals surface area contributed by atoms with Crippen molar-refractivity contribution in [2.24, 2.45) is 7.05 Å². The summed E-state index contributed by atoms with van der Waals surface area (Å²) in [6.07, 6.45) is 0. The van der Waals surface area contributed by atoms with E-state index in [0.717, 1.165) is 0 Å². The molecule has 1 aromatic carbocycles. The van der Waals surface area contributed by atoms with Gasteiger partial charge in [0.25, 0.3) is 10.0 Å². The molecule has 1 aromatic heterocycles. The van der Waals surface area contributed by atoms with Crippen molar-refractivity contribution in [2.75, 3.05) is 10.5 Å². The predicted octanol–water partition coefficient (Wildman–Crippen LogP) is 1.75. The Balaban J connectivity index is 2.50. The van der Waals surface area contributed by atoms with Crippen LogP contribution >= 0.6 is 15.9 Å². The molecule has 110 valence electrons. The number of aryl methyl sites for hydroxylation is 1. The third-order valence-electron chi connectivity index (χ3n) is 2.92. The number of nitrogens with one attached hydrogen (secondary N) is 1. The first-order chi connectivity index (χ1) is 9.76. The second kappa shape index (κ2) is 5.38. The number of hydrogen-bond donors (Lipinski definition) is 2. The summed E-state index contributed by atoms with van der Waals surface area (Å²) in [5, 5.41) is 13.0. The van der Waals surface area contributed by atoms with Crippen molar-refractivity contribution in [2.45, 2.75) is 11.8 Å². The number of halogens is 1. The minimum atomic E-state index is -3.92. The second-order valence-electron chi connectivity index (χ2n) is 4.33. The Labute approximate surface area is 130 Å². The number of benzene rings is 1. The first-order valence-electron chi connectivity index (χ1n) is 5.78. The van der Waals surface area contributed by atoms with E-state index in [9.17, 15) is 8.42 Å². The smallest absolute Gasteiger partial charge is 0.267 e. The molecule has 0 radical (unpaired) electrons. The number of nitrogens with zero attached hydrogens (tertiary/aromatic N) is 3. The van der Waals surface area contributed by atoms with Crippen LogP contribution in [-0.2, 0) is 17.1 Å². The van der Waals surface area contributed by atoms with E-state index >= 15 is 0 Å². The Morgan fingerprint density at radius 3 is 2.67 bits per heavy atom. The molecular weight excluding hydrogens is 358 g/mol. The van der Waals surface area contributed by atoms with Crippen LogP contribution in [-0.4, -0.2) is 18.2 Å². The number of anilines is 2. The zero-order valence-corrected chi connectivity index (χ0v) is 13.7. The monoisotopic (exact) mass is 369 g/mol. The van der Waals surface area contributed by atoms with Crippen molar-refractivity contribution in [3.8, 4) is 6.07 Å². The zero-order chi connectivity index (χ0) is 15.8. The van der Waals surface area contributed by atoms with Crippen LogP contribution < -0.4 is 10.5 Å². The summed E-state index contributed by atoms with van der Waals surface area (Å²) < 4.78 is 29.3. The van der Waals surface area contributed by atoms with Gasteiger partial charge in [-0.1, -0.05) is 15.9 Å². The van der Waals surface area contributed by atoms with E-state index in [1.54, 1.807) is 20.0 Å². The molecular formula is C12H12BrN5O2S. The summed E-state index contributed by atoms with van der Waals surface area (Å²) in [5.41, 5.74) is 6.45. The van der Waals surface area contributed by atoms with Gasteiger partial charge in [0.2, 0.25) is 0 Å². The van der Waals surface area contributed by atoms with Crippen LogP contribution in [0.3, 0.4) is 0 Å². The van der Waals surface area contributed by atoms with E-state index in [4.69, 9.17) is 11.0 Å². The normalized spacial score (nSPS) is 11.1. The third kappa shape index (κ3) is 2.86. The van der Waals surface area contributed by atoms with E-state index in [2.05, 4.69) is 25.8 Å².